The molecule has 0 aliphatic carbocycles. The van der Waals surface area contributed by atoms with Crippen molar-refractivity contribution in [1.82, 2.24) is 10.1 Å². The van der Waals surface area contributed by atoms with Gasteiger partial charge in [0.25, 0.3) is 10.0 Å². The summed E-state index contributed by atoms with van der Waals surface area (Å²) in [5, 5.41) is 3.82. The Labute approximate surface area is 140 Å². The van der Waals surface area contributed by atoms with E-state index >= 15 is 0 Å². The number of anilines is 1. The van der Waals surface area contributed by atoms with E-state index in [-0.39, 0.29) is 4.90 Å². The number of benzene rings is 2. The van der Waals surface area contributed by atoms with Crippen LogP contribution in [0.2, 0.25) is 0 Å². The van der Waals surface area contributed by atoms with E-state index in [2.05, 4.69) is 14.9 Å². The molecule has 3 aromatic rings. The molecule has 3 rings (SSSR count). The lowest BCUT2D eigenvalue weighted by Gasteiger charge is -2.12. The van der Waals surface area contributed by atoms with E-state index in [1.165, 1.54) is 12.1 Å². The van der Waals surface area contributed by atoms with Crippen LogP contribution in [0.25, 0.3) is 11.4 Å². The van der Waals surface area contributed by atoms with E-state index in [1.807, 2.05) is 19.1 Å². The lowest BCUT2D eigenvalue weighted by Crippen LogP contribution is -2.14. The van der Waals surface area contributed by atoms with E-state index in [9.17, 15) is 8.42 Å². The van der Waals surface area contributed by atoms with Crippen LogP contribution < -0.4 is 4.72 Å². The van der Waals surface area contributed by atoms with E-state index in [0.29, 0.717) is 23.0 Å². The molecule has 1 heterocycles. The standard InChI is InChI=1S/C17H17N3O3S/c1-3-13-7-4-5-10-16(13)20-24(21,22)15-9-6-8-14(11-15)17-18-12(2)23-19-17/h4-11,20H,3H2,1-2H3. The number of hydrogen-bond donors (Lipinski definition) is 1. The van der Waals surface area contributed by atoms with Crippen molar-refractivity contribution in [1.29, 1.82) is 0 Å². The summed E-state index contributed by atoms with van der Waals surface area (Å²) < 4.78 is 33.0. The van der Waals surface area contributed by atoms with Crippen LogP contribution in [0, 0.1) is 6.92 Å². The quantitative estimate of drug-likeness (QED) is 0.767. The highest BCUT2D eigenvalue weighted by Crippen LogP contribution is 2.23. The molecular weight excluding hydrogens is 326 g/mol. The summed E-state index contributed by atoms with van der Waals surface area (Å²) in [5.41, 5.74) is 2.10. The first-order valence-electron chi connectivity index (χ1n) is 7.51. The number of para-hydroxylation sites is 1. The lowest BCUT2D eigenvalue weighted by atomic mass is 10.1. The van der Waals surface area contributed by atoms with Gasteiger partial charge in [0.1, 0.15) is 0 Å². The maximum Gasteiger partial charge on any atom is 0.261 e. The van der Waals surface area contributed by atoms with E-state index in [4.69, 9.17) is 4.52 Å². The van der Waals surface area contributed by atoms with E-state index in [0.717, 1.165) is 12.0 Å². The molecule has 0 saturated carbocycles. The van der Waals surface area contributed by atoms with Crippen molar-refractivity contribution in [3.63, 3.8) is 0 Å². The second-order valence-electron chi connectivity index (χ2n) is 5.28. The Balaban J connectivity index is 1.95. The SMILES string of the molecule is CCc1ccccc1NS(=O)(=O)c1cccc(-c2noc(C)n2)c1. The van der Waals surface area contributed by atoms with Crippen LogP contribution in [0.15, 0.2) is 57.9 Å². The summed E-state index contributed by atoms with van der Waals surface area (Å²) in [4.78, 5) is 4.27. The van der Waals surface area contributed by atoms with Gasteiger partial charge in [-0.3, -0.25) is 4.72 Å². The van der Waals surface area contributed by atoms with Crippen LogP contribution in [0.5, 0.6) is 0 Å². The molecule has 1 aromatic heterocycles. The van der Waals surface area contributed by atoms with Gasteiger partial charge in [0.05, 0.1) is 10.6 Å². The Bertz CT molecular complexity index is 964. The van der Waals surface area contributed by atoms with Crippen LogP contribution in [0.1, 0.15) is 18.4 Å². The van der Waals surface area contributed by atoms with Crippen molar-refractivity contribution >= 4 is 15.7 Å². The second kappa shape index (κ2) is 6.45. The summed E-state index contributed by atoms with van der Waals surface area (Å²) in [6.07, 6.45) is 0.737. The van der Waals surface area contributed by atoms with Gasteiger partial charge < -0.3 is 4.52 Å². The third kappa shape index (κ3) is 3.30. The van der Waals surface area contributed by atoms with Gasteiger partial charge in [0, 0.05) is 12.5 Å². The molecule has 1 N–H and O–H groups in total. The minimum absolute atomic E-state index is 0.147. The first-order chi connectivity index (χ1) is 11.5. The number of aromatic nitrogens is 2. The first kappa shape index (κ1) is 16.2. The van der Waals surface area contributed by atoms with E-state index < -0.39 is 10.0 Å². The zero-order chi connectivity index (χ0) is 17.2. The van der Waals surface area contributed by atoms with Crippen LogP contribution in [-0.4, -0.2) is 18.6 Å². The molecule has 0 aliphatic rings. The topological polar surface area (TPSA) is 85.1 Å². The predicted molar refractivity (Wildman–Crippen MR) is 91.1 cm³/mol. The van der Waals surface area contributed by atoms with E-state index in [1.54, 1.807) is 31.2 Å². The number of sulfonamides is 1. The fourth-order valence-electron chi connectivity index (χ4n) is 2.35. The number of nitrogens with zero attached hydrogens (tertiary/aromatic N) is 2. The van der Waals surface area contributed by atoms with Gasteiger partial charge in [0.15, 0.2) is 0 Å². The van der Waals surface area contributed by atoms with Crippen LogP contribution >= 0.6 is 0 Å². The maximum atomic E-state index is 12.7. The molecule has 6 nitrogen and oxygen atoms in total. The predicted octanol–water partition coefficient (Wildman–Crippen LogP) is 3.41. The third-order valence-corrected chi connectivity index (χ3v) is 4.94. The summed E-state index contributed by atoms with van der Waals surface area (Å²) in [7, 11) is -3.71. The van der Waals surface area contributed by atoms with Gasteiger partial charge in [-0.1, -0.05) is 42.4 Å². The summed E-state index contributed by atoms with van der Waals surface area (Å²) in [6.45, 7) is 3.66. The van der Waals surface area contributed by atoms with Gasteiger partial charge in [-0.15, -0.1) is 0 Å². The van der Waals surface area contributed by atoms with Crippen molar-refractivity contribution in [3.05, 3.63) is 60.0 Å². The van der Waals surface area contributed by atoms with Gasteiger partial charge in [0.2, 0.25) is 11.7 Å². The van der Waals surface area contributed by atoms with Crippen LogP contribution in [0.4, 0.5) is 5.69 Å². The molecule has 24 heavy (non-hydrogen) atoms. The fourth-order valence-corrected chi connectivity index (χ4v) is 3.50. The van der Waals surface area contributed by atoms with Gasteiger partial charge in [-0.2, -0.15) is 4.98 Å². The second-order valence-corrected chi connectivity index (χ2v) is 6.96. The Kier molecular flexibility index (Phi) is 4.35. The molecule has 2 aromatic carbocycles. The molecule has 0 bridgehead atoms. The molecule has 0 amide bonds. The summed E-state index contributed by atoms with van der Waals surface area (Å²) >= 11 is 0. The smallest absolute Gasteiger partial charge is 0.261 e. The first-order valence-corrected chi connectivity index (χ1v) is 8.99. The maximum absolute atomic E-state index is 12.7. The molecule has 0 radical (unpaired) electrons. The Hall–Kier alpha value is -2.67. The number of rotatable bonds is 5. The van der Waals surface area contributed by atoms with Crippen LogP contribution in [0.3, 0.4) is 0 Å². The fraction of sp³-hybridized carbons (Fsp3) is 0.176. The number of aryl methyl sites for hydroxylation is 2. The summed E-state index contributed by atoms with van der Waals surface area (Å²) in [6, 6.07) is 13.8. The minimum Gasteiger partial charge on any atom is -0.339 e. The Morgan fingerprint density at radius 2 is 1.92 bits per heavy atom. The van der Waals surface area contributed by atoms with Crippen molar-refractivity contribution in [2.45, 2.75) is 25.2 Å². The van der Waals surface area contributed by atoms with Gasteiger partial charge in [-0.25, -0.2) is 8.42 Å². The molecule has 7 heteroatoms. The molecule has 0 unspecified atom stereocenters. The lowest BCUT2D eigenvalue weighted by molar-refractivity contribution is 0.394. The average molecular weight is 343 g/mol. The third-order valence-electron chi connectivity index (χ3n) is 3.57. The largest absolute Gasteiger partial charge is 0.339 e. The van der Waals surface area contributed by atoms with Crippen LogP contribution in [-0.2, 0) is 16.4 Å². The highest BCUT2D eigenvalue weighted by Gasteiger charge is 2.17. The van der Waals surface area contributed by atoms with Gasteiger partial charge >= 0.3 is 0 Å². The molecule has 0 aliphatic heterocycles. The highest BCUT2D eigenvalue weighted by molar-refractivity contribution is 7.92. The zero-order valence-corrected chi connectivity index (χ0v) is 14.2. The van der Waals surface area contributed by atoms with Crippen molar-refractivity contribution < 1.29 is 12.9 Å². The average Bonchev–Trinajstić information content (AvgIpc) is 3.02. The Morgan fingerprint density at radius 3 is 2.62 bits per heavy atom. The molecule has 0 saturated heterocycles. The monoisotopic (exact) mass is 343 g/mol. The number of nitrogens with one attached hydrogen (secondary N) is 1. The van der Waals surface area contributed by atoms with Crippen molar-refractivity contribution in [2.75, 3.05) is 4.72 Å². The van der Waals surface area contributed by atoms with Gasteiger partial charge in [-0.05, 0) is 30.2 Å². The van der Waals surface area contributed by atoms with Crippen molar-refractivity contribution in [2.24, 2.45) is 0 Å². The van der Waals surface area contributed by atoms with Crippen molar-refractivity contribution in [3.8, 4) is 11.4 Å². The molecule has 124 valence electrons. The molecule has 0 fully saturated rings. The summed E-state index contributed by atoms with van der Waals surface area (Å²) in [5.74, 6) is 0.784. The molecular formula is C17H17N3O3S. The Morgan fingerprint density at radius 1 is 1.12 bits per heavy atom. The normalized spacial score (nSPS) is 11.4. The zero-order valence-electron chi connectivity index (χ0n) is 13.4. The molecule has 0 atom stereocenters. The number of hydrogen-bond acceptors (Lipinski definition) is 5. The molecule has 0 spiro atoms. The minimum atomic E-state index is -3.71. The highest BCUT2D eigenvalue weighted by atomic mass is 32.2.